The minimum Gasteiger partial charge on any atom is -0.479 e. The van der Waals surface area contributed by atoms with Gasteiger partial charge in [0.05, 0.1) is 12.8 Å². The second-order valence-electron chi connectivity index (χ2n) is 4.55. The Morgan fingerprint density at radius 2 is 2.25 bits per heavy atom. The van der Waals surface area contributed by atoms with Gasteiger partial charge in [-0.3, -0.25) is 0 Å². The van der Waals surface area contributed by atoms with Crippen molar-refractivity contribution >= 4 is 11.5 Å². The predicted molar refractivity (Wildman–Crippen MR) is 65.6 cm³/mol. The lowest BCUT2D eigenvalue weighted by Crippen LogP contribution is -2.16. The summed E-state index contributed by atoms with van der Waals surface area (Å²) in [7, 11) is 1.58. The molecule has 1 heterocycles. The van der Waals surface area contributed by atoms with Gasteiger partial charge in [-0.05, 0) is 37.3 Å². The number of anilines is 2. The number of hydrogen-bond donors (Lipinski definition) is 2. The van der Waals surface area contributed by atoms with E-state index in [0.717, 1.165) is 11.7 Å². The third-order valence-corrected chi connectivity index (χ3v) is 3.13. The van der Waals surface area contributed by atoms with Crippen molar-refractivity contribution in [1.29, 1.82) is 0 Å². The molecule has 1 saturated carbocycles. The van der Waals surface area contributed by atoms with E-state index in [9.17, 15) is 0 Å². The summed E-state index contributed by atoms with van der Waals surface area (Å²) in [5.41, 5.74) is 6.29. The Bertz CT molecular complexity index is 367. The lowest BCUT2D eigenvalue weighted by Gasteiger charge is -2.14. The normalized spacial score (nSPS) is 24.4. The minimum atomic E-state index is 0.496. The van der Waals surface area contributed by atoms with Gasteiger partial charge in [0.2, 0.25) is 5.88 Å². The number of nitrogens with two attached hydrogens (primary N) is 1. The first-order valence-corrected chi connectivity index (χ1v) is 5.76. The van der Waals surface area contributed by atoms with E-state index >= 15 is 0 Å². The molecule has 0 spiro atoms. The number of ether oxygens (including phenoxy) is 1. The number of methoxy groups -OCH3 is 1. The van der Waals surface area contributed by atoms with Gasteiger partial charge in [0.15, 0.2) is 0 Å². The monoisotopic (exact) mass is 221 g/mol. The van der Waals surface area contributed by atoms with E-state index in [-0.39, 0.29) is 0 Å². The van der Waals surface area contributed by atoms with Crippen LogP contribution in [0.15, 0.2) is 12.1 Å². The van der Waals surface area contributed by atoms with Gasteiger partial charge in [-0.25, -0.2) is 0 Å². The molecule has 0 aromatic carbocycles. The lowest BCUT2D eigenvalue weighted by molar-refractivity contribution is 0.400. The summed E-state index contributed by atoms with van der Waals surface area (Å²) < 4.78 is 5.10. The average Bonchev–Trinajstić information content (AvgIpc) is 2.67. The number of nitrogens with zero attached hydrogens (tertiary/aromatic N) is 1. The third-order valence-electron chi connectivity index (χ3n) is 3.13. The van der Waals surface area contributed by atoms with Gasteiger partial charge >= 0.3 is 0 Å². The van der Waals surface area contributed by atoms with Crippen LogP contribution in [0.4, 0.5) is 11.5 Å². The van der Waals surface area contributed by atoms with Gasteiger partial charge in [0.25, 0.3) is 0 Å². The fourth-order valence-corrected chi connectivity index (χ4v) is 2.24. The van der Waals surface area contributed by atoms with Crippen LogP contribution in [0.2, 0.25) is 0 Å². The molecule has 4 heteroatoms. The maximum atomic E-state index is 5.71. The number of nitrogens with one attached hydrogen (secondary N) is 1. The van der Waals surface area contributed by atoms with Crippen molar-refractivity contribution in [2.45, 2.75) is 32.2 Å². The van der Waals surface area contributed by atoms with Gasteiger partial charge in [-0.15, -0.1) is 0 Å². The van der Waals surface area contributed by atoms with Crippen LogP contribution in [-0.2, 0) is 0 Å². The van der Waals surface area contributed by atoms with Crippen molar-refractivity contribution in [2.24, 2.45) is 5.92 Å². The van der Waals surface area contributed by atoms with E-state index in [0.29, 0.717) is 17.6 Å². The van der Waals surface area contributed by atoms with Crippen LogP contribution in [0.1, 0.15) is 26.2 Å². The van der Waals surface area contributed by atoms with E-state index in [1.54, 1.807) is 7.11 Å². The molecule has 2 rings (SSSR count). The summed E-state index contributed by atoms with van der Waals surface area (Å²) in [4.78, 5) is 4.32. The maximum Gasteiger partial charge on any atom is 0.238 e. The SMILES string of the molecule is COc1nc(NC2CCC(C)C2)ccc1N. The van der Waals surface area contributed by atoms with E-state index in [1.807, 2.05) is 12.1 Å². The fraction of sp³-hybridized carbons (Fsp3) is 0.583. The highest BCUT2D eigenvalue weighted by atomic mass is 16.5. The Labute approximate surface area is 96.2 Å². The standard InChI is InChI=1S/C12H19N3O/c1-8-3-4-9(7-8)14-11-6-5-10(13)12(15-11)16-2/h5-6,8-9H,3-4,7,13H2,1-2H3,(H,14,15). The van der Waals surface area contributed by atoms with Crippen molar-refractivity contribution in [3.8, 4) is 5.88 Å². The molecule has 16 heavy (non-hydrogen) atoms. The third kappa shape index (κ3) is 2.38. The van der Waals surface area contributed by atoms with Crippen molar-refractivity contribution in [1.82, 2.24) is 4.98 Å². The predicted octanol–water partition coefficient (Wildman–Crippen LogP) is 2.27. The smallest absolute Gasteiger partial charge is 0.238 e. The van der Waals surface area contributed by atoms with Gasteiger partial charge in [-0.1, -0.05) is 6.92 Å². The highest BCUT2D eigenvalue weighted by Crippen LogP contribution is 2.28. The zero-order valence-electron chi connectivity index (χ0n) is 9.86. The van der Waals surface area contributed by atoms with Crippen LogP contribution >= 0.6 is 0 Å². The molecule has 0 bridgehead atoms. The van der Waals surface area contributed by atoms with Crippen LogP contribution in [0, 0.1) is 5.92 Å². The molecule has 1 aromatic heterocycles. The molecule has 1 fully saturated rings. The Morgan fingerprint density at radius 3 is 2.88 bits per heavy atom. The molecular formula is C12H19N3O. The summed E-state index contributed by atoms with van der Waals surface area (Å²) in [6.45, 7) is 2.29. The van der Waals surface area contributed by atoms with Crippen molar-refractivity contribution in [3.63, 3.8) is 0 Å². The largest absolute Gasteiger partial charge is 0.479 e. The fourth-order valence-electron chi connectivity index (χ4n) is 2.24. The second-order valence-corrected chi connectivity index (χ2v) is 4.55. The quantitative estimate of drug-likeness (QED) is 0.822. The number of pyridine rings is 1. The van der Waals surface area contributed by atoms with Crippen LogP contribution in [-0.4, -0.2) is 18.1 Å². The molecule has 0 radical (unpaired) electrons. The summed E-state index contributed by atoms with van der Waals surface area (Å²) in [6, 6.07) is 4.27. The molecule has 4 nitrogen and oxygen atoms in total. The van der Waals surface area contributed by atoms with Crippen molar-refractivity contribution in [2.75, 3.05) is 18.2 Å². The van der Waals surface area contributed by atoms with Gasteiger partial charge in [0, 0.05) is 6.04 Å². The molecule has 0 amide bonds. The molecule has 0 saturated heterocycles. The first kappa shape index (κ1) is 11.0. The number of rotatable bonds is 3. The van der Waals surface area contributed by atoms with Gasteiger partial charge in [0.1, 0.15) is 5.82 Å². The summed E-state index contributed by atoms with van der Waals surface area (Å²) in [5.74, 6) is 2.16. The molecular weight excluding hydrogens is 202 g/mol. The van der Waals surface area contributed by atoms with E-state index in [2.05, 4.69) is 17.2 Å². The van der Waals surface area contributed by atoms with Crippen molar-refractivity contribution in [3.05, 3.63) is 12.1 Å². The Hall–Kier alpha value is -1.45. The molecule has 88 valence electrons. The van der Waals surface area contributed by atoms with Gasteiger partial charge in [-0.2, -0.15) is 4.98 Å². The Kier molecular flexibility index (Phi) is 3.17. The zero-order valence-corrected chi connectivity index (χ0v) is 9.86. The molecule has 2 atom stereocenters. The maximum absolute atomic E-state index is 5.71. The van der Waals surface area contributed by atoms with E-state index in [4.69, 9.17) is 10.5 Å². The van der Waals surface area contributed by atoms with Crippen molar-refractivity contribution < 1.29 is 4.74 Å². The molecule has 1 aliphatic carbocycles. The second kappa shape index (κ2) is 4.60. The number of aromatic nitrogens is 1. The van der Waals surface area contributed by atoms with E-state index in [1.165, 1.54) is 19.3 Å². The number of nitrogen functional groups attached to an aromatic ring is 1. The summed E-state index contributed by atoms with van der Waals surface area (Å²) in [5, 5.41) is 3.43. The van der Waals surface area contributed by atoms with Crippen LogP contribution in [0.3, 0.4) is 0 Å². The van der Waals surface area contributed by atoms with Crippen LogP contribution in [0.5, 0.6) is 5.88 Å². The Morgan fingerprint density at radius 1 is 1.44 bits per heavy atom. The van der Waals surface area contributed by atoms with E-state index < -0.39 is 0 Å². The topological polar surface area (TPSA) is 60.2 Å². The first-order chi connectivity index (χ1) is 7.69. The molecule has 1 aliphatic rings. The van der Waals surface area contributed by atoms with Crippen LogP contribution < -0.4 is 15.8 Å². The highest BCUT2D eigenvalue weighted by molar-refractivity contribution is 5.53. The molecule has 1 aromatic rings. The highest BCUT2D eigenvalue weighted by Gasteiger charge is 2.21. The number of hydrogen-bond acceptors (Lipinski definition) is 4. The van der Waals surface area contributed by atoms with Crippen LogP contribution in [0.25, 0.3) is 0 Å². The summed E-state index contributed by atoms with van der Waals surface area (Å²) in [6.07, 6.45) is 3.73. The average molecular weight is 221 g/mol. The lowest BCUT2D eigenvalue weighted by atomic mass is 10.1. The molecule has 3 N–H and O–H groups in total. The van der Waals surface area contributed by atoms with Gasteiger partial charge < -0.3 is 15.8 Å². The minimum absolute atomic E-state index is 0.496. The molecule has 2 unspecified atom stereocenters. The Balaban J connectivity index is 2.04. The first-order valence-electron chi connectivity index (χ1n) is 5.76. The molecule has 0 aliphatic heterocycles. The zero-order chi connectivity index (χ0) is 11.5. The summed E-state index contributed by atoms with van der Waals surface area (Å²) >= 11 is 0.